The SMILES string of the molecule is Fc1ccc(CNCc2sccc2Br)cc1Br. The van der Waals surface area contributed by atoms with E-state index in [0.717, 1.165) is 23.1 Å². The molecule has 0 saturated carbocycles. The van der Waals surface area contributed by atoms with Gasteiger partial charge in [-0.05, 0) is 61.0 Å². The first-order valence-electron chi connectivity index (χ1n) is 5.03. The quantitative estimate of drug-likeness (QED) is 0.812. The Morgan fingerprint density at radius 2 is 1.94 bits per heavy atom. The second-order valence-corrected chi connectivity index (χ2v) is 6.25. The molecule has 5 heteroatoms. The fourth-order valence-corrected chi connectivity index (χ4v) is 3.31. The molecule has 0 atom stereocenters. The third-order valence-electron chi connectivity index (χ3n) is 2.29. The van der Waals surface area contributed by atoms with E-state index in [1.54, 1.807) is 23.5 Å². The highest BCUT2D eigenvalue weighted by molar-refractivity contribution is 9.10. The van der Waals surface area contributed by atoms with Gasteiger partial charge in [0.2, 0.25) is 0 Å². The Labute approximate surface area is 120 Å². The standard InChI is InChI=1S/C12H10Br2FNS/c13-9-3-4-17-12(9)7-16-6-8-1-2-11(15)10(14)5-8/h1-5,16H,6-7H2. The number of nitrogens with one attached hydrogen (secondary N) is 1. The summed E-state index contributed by atoms with van der Waals surface area (Å²) >= 11 is 8.38. The number of halogens is 3. The minimum Gasteiger partial charge on any atom is -0.308 e. The molecule has 1 N–H and O–H groups in total. The molecule has 2 rings (SSSR count). The highest BCUT2D eigenvalue weighted by atomic mass is 79.9. The van der Waals surface area contributed by atoms with E-state index in [2.05, 4.69) is 42.6 Å². The highest BCUT2D eigenvalue weighted by Gasteiger charge is 2.02. The lowest BCUT2D eigenvalue weighted by molar-refractivity contribution is 0.618. The van der Waals surface area contributed by atoms with Gasteiger partial charge in [0.1, 0.15) is 5.82 Å². The molecule has 2 aromatic rings. The monoisotopic (exact) mass is 377 g/mol. The Bertz CT molecular complexity index is 513. The molecule has 0 unspecified atom stereocenters. The summed E-state index contributed by atoms with van der Waals surface area (Å²) in [6.45, 7) is 1.54. The topological polar surface area (TPSA) is 12.0 Å². The maximum atomic E-state index is 13.0. The summed E-state index contributed by atoms with van der Waals surface area (Å²) < 4.78 is 14.7. The van der Waals surface area contributed by atoms with E-state index in [1.807, 2.05) is 6.07 Å². The van der Waals surface area contributed by atoms with E-state index >= 15 is 0 Å². The summed E-state index contributed by atoms with van der Waals surface area (Å²) in [7, 11) is 0. The molecule has 0 spiro atoms. The first-order valence-corrected chi connectivity index (χ1v) is 7.50. The first kappa shape index (κ1) is 13.2. The van der Waals surface area contributed by atoms with Crippen molar-refractivity contribution >= 4 is 43.2 Å². The van der Waals surface area contributed by atoms with Gasteiger partial charge < -0.3 is 5.32 Å². The molecule has 0 bridgehead atoms. The smallest absolute Gasteiger partial charge is 0.137 e. The minimum absolute atomic E-state index is 0.227. The lowest BCUT2D eigenvalue weighted by Crippen LogP contribution is -2.12. The van der Waals surface area contributed by atoms with Crippen LogP contribution in [0.25, 0.3) is 0 Å². The van der Waals surface area contributed by atoms with Crippen molar-refractivity contribution in [3.63, 3.8) is 0 Å². The van der Waals surface area contributed by atoms with E-state index in [1.165, 1.54) is 10.9 Å². The molecule has 0 aliphatic heterocycles. The maximum Gasteiger partial charge on any atom is 0.137 e. The molecular formula is C12H10Br2FNS. The predicted octanol–water partition coefficient (Wildman–Crippen LogP) is 4.70. The van der Waals surface area contributed by atoms with Gasteiger partial charge in [-0.2, -0.15) is 0 Å². The van der Waals surface area contributed by atoms with Gasteiger partial charge in [0.05, 0.1) is 4.47 Å². The molecule has 1 heterocycles. The Morgan fingerprint density at radius 3 is 2.59 bits per heavy atom. The molecule has 0 fully saturated rings. The van der Waals surface area contributed by atoms with Gasteiger partial charge in [0, 0.05) is 22.4 Å². The van der Waals surface area contributed by atoms with Crippen molar-refractivity contribution in [2.45, 2.75) is 13.1 Å². The van der Waals surface area contributed by atoms with Gasteiger partial charge in [-0.15, -0.1) is 11.3 Å². The largest absolute Gasteiger partial charge is 0.308 e. The molecule has 17 heavy (non-hydrogen) atoms. The summed E-state index contributed by atoms with van der Waals surface area (Å²) in [6.07, 6.45) is 0. The molecule has 1 aromatic carbocycles. The molecule has 0 amide bonds. The van der Waals surface area contributed by atoms with Crippen LogP contribution in [0, 0.1) is 5.82 Å². The van der Waals surface area contributed by atoms with E-state index < -0.39 is 0 Å². The van der Waals surface area contributed by atoms with Crippen molar-refractivity contribution < 1.29 is 4.39 Å². The molecule has 1 aromatic heterocycles. The van der Waals surface area contributed by atoms with E-state index in [-0.39, 0.29) is 5.82 Å². The van der Waals surface area contributed by atoms with Crippen molar-refractivity contribution in [3.05, 3.63) is 54.8 Å². The lowest BCUT2D eigenvalue weighted by atomic mass is 10.2. The zero-order valence-corrected chi connectivity index (χ0v) is 12.8. The summed E-state index contributed by atoms with van der Waals surface area (Å²) in [6, 6.07) is 7.10. The summed E-state index contributed by atoms with van der Waals surface area (Å²) in [5.41, 5.74) is 1.06. The molecule has 0 aliphatic carbocycles. The molecule has 1 nitrogen and oxygen atoms in total. The number of hydrogen-bond donors (Lipinski definition) is 1. The average molecular weight is 379 g/mol. The fraction of sp³-hybridized carbons (Fsp3) is 0.167. The van der Waals surface area contributed by atoms with Crippen LogP contribution >= 0.6 is 43.2 Å². The molecule has 0 aliphatic rings. The van der Waals surface area contributed by atoms with Crippen LogP contribution in [0.2, 0.25) is 0 Å². The first-order chi connectivity index (χ1) is 8.16. The zero-order valence-electron chi connectivity index (χ0n) is 8.84. The number of benzene rings is 1. The Kier molecular flexibility index (Phi) is 4.73. The second kappa shape index (κ2) is 6.09. The normalized spacial score (nSPS) is 10.8. The van der Waals surface area contributed by atoms with Crippen LogP contribution in [0.3, 0.4) is 0 Å². The number of rotatable bonds is 4. The van der Waals surface area contributed by atoms with Gasteiger partial charge in [0.25, 0.3) is 0 Å². The number of hydrogen-bond acceptors (Lipinski definition) is 2. The highest BCUT2D eigenvalue weighted by Crippen LogP contribution is 2.22. The van der Waals surface area contributed by atoms with Crippen molar-refractivity contribution in [1.82, 2.24) is 5.32 Å². The van der Waals surface area contributed by atoms with Crippen molar-refractivity contribution in [2.75, 3.05) is 0 Å². The minimum atomic E-state index is -0.227. The van der Waals surface area contributed by atoms with Crippen LogP contribution in [-0.4, -0.2) is 0 Å². The van der Waals surface area contributed by atoms with E-state index in [9.17, 15) is 4.39 Å². The predicted molar refractivity (Wildman–Crippen MR) is 76.7 cm³/mol. The maximum absolute atomic E-state index is 13.0. The van der Waals surface area contributed by atoms with Crippen molar-refractivity contribution in [1.29, 1.82) is 0 Å². The summed E-state index contributed by atoms with van der Waals surface area (Å²) in [5.74, 6) is -0.227. The van der Waals surface area contributed by atoms with E-state index in [0.29, 0.717) is 4.47 Å². The van der Waals surface area contributed by atoms with Crippen LogP contribution in [-0.2, 0) is 13.1 Å². The van der Waals surface area contributed by atoms with Crippen LogP contribution in [0.4, 0.5) is 4.39 Å². The van der Waals surface area contributed by atoms with Crippen molar-refractivity contribution in [3.8, 4) is 0 Å². The Hall–Kier alpha value is -0.230. The average Bonchev–Trinajstić information content (AvgIpc) is 2.70. The third kappa shape index (κ3) is 3.61. The van der Waals surface area contributed by atoms with E-state index in [4.69, 9.17) is 0 Å². The lowest BCUT2D eigenvalue weighted by Gasteiger charge is -2.05. The van der Waals surface area contributed by atoms with Crippen LogP contribution in [0.1, 0.15) is 10.4 Å². The van der Waals surface area contributed by atoms with Crippen LogP contribution < -0.4 is 5.32 Å². The van der Waals surface area contributed by atoms with Gasteiger partial charge in [0.15, 0.2) is 0 Å². The number of thiophene rings is 1. The molecular weight excluding hydrogens is 369 g/mol. The molecule has 0 radical (unpaired) electrons. The van der Waals surface area contributed by atoms with Crippen LogP contribution in [0.15, 0.2) is 38.6 Å². The zero-order chi connectivity index (χ0) is 12.3. The van der Waals surface area contributed by atoms with Gasteiger partial charge in [-0.3, -0.25) is 0 Å². The fourth-order valence-electron chi connectivity index (χ4n) is 1.42. The second-order valence-electron chi connectivity index (χ2n) is 3.54. The Morgan fingerprint density at radius 1 is 1.12 bits per heavy atom. The summed E-state index contributed by atoms with van der Waals surface area (Å²) in [5, 5.41) is 5.38. The van der Waals surface area contributed by atoms with Crippen molar-refractivity contribution in [2.24, 2.45) is 0 Å². The van der Waals surface area contributed by atoms with Crippen LogP contribution in [0.5, 0.6) is 0 Å². The molecule has 90 valence electrons. The summed E-state index contributed by atoms with van der Waals surface area (Å²) in [4.78, 5) is 1.27. The van der Waals surface area contributed by atoms with Gasteiger partial charge in [-0.25, -0.2) is 4.39 Å². The van der Waals surface area contributed by atoms with Gasteiger partial charge >= 0.3 is 0 Å². The molecule has 0 saturated heterocycles. The van der Waals surface area contributed by atoms with Gasteiger partial charge in [-0.1, -0.05) is 6.07 Å². The third-order valence-corrected chi connectivity index (χ3v) is 4.82. The Balaban J connectivity index is 1.90.